The number of anilines is 1. The summed E-state index contributed by atoms with van der Waals surface area (Å²) in [7, 11) is 0. The van der Waals surface area contributed by atoms with Crippen LogP contribution < -0.4 is 5.32 Å². The maximum absolute atomic E-state index is 13.3. The van der Waals surface area contributed by atoms with Gasteiger partial charge in [0.05, 0.1) is 17.3 Å². The summed E-state index contributed by atoms with van der Waals surface area (Å²) >= 11 is 3.46. The summed E-state index contributed by atoms with van der Waals surface area (Å²) < 4.78 is 8.06. The molecule has 0 radical (unpaired) electrons. The van der Waals surface area contributed by atoms with Crippen LogP contribution in [0.5, 0.6) is 0 Å². The second kappa shape index (κ2) is 7.58. The van der Waals surface area contributed by atoms with Gasteiger partial charge in [-0.3, -0.25) is 4.79 Å². The van der Waals surface area contributed by atoms with Crippen LogP contribution in [-0.4, -0.2) is 38.9 Å². The number of halogens is 1. The lowest BCUT2D eigenvalue weighted by atomic mass is 9.73. The summed E-state index contributed by atoms with van der Waals surface area (Å²) in [5, 5.41) is 7.07. The number of hydrogen-bond acceptors (Lipinski definition) is 5. The number of aromatic nitrogens is 4. The van der Waals surface area contributed by atoms with Gasteiger partial charge >= 0.3 is 0 Å². The van der Waals surface area contributed by atoms with Crippen molar-refractivity contribution in [2.45, 2.75) is 18.3 Å². The first-order valence-corrected chi connectivity index (χ1v) is 9.43. The Morgan fingerprint density at radius 1 is 1.15 bits per heavy atom. The van der Waals surface area contributed by atoms with Crippen LogP contribution in [0.3, 0.4) is 0 Å². The third-order valence-electron chi connectivity index (χ3n) is 4.84. The minimum Gasteiger partial charge on any atom is -0.381 e. The Morgan fingerprint density at radius 3 is 2.56 bits per heavy atom. The molecule has 1 aromatic carbocycles. The summed E-state index contributed by atoms with van der Waals surface area (Å²) in [6.45, 7) is 1.12. The SMILES string of the molecule is O=C(Nc1ccc(-n2cncn2)nc1)C1(c2ccc(Br)cc2)CCOCC1. The van der Waals surface area contributed by atoms with Gasteiger partial charge in [-0.05, 0) is 42.7 Å². The van der Waals surface area contributed by atoms with Gasteiger partial charge in [0, 0.05) is 17.7 Å². The molecular weight excluding hydrogens is 410 g/mol. The van der Waals surface area contributed by atoms with E-state index in [0.717, 1.165) is 10.0 Å². The van der Waals surface area contributed by atoms with Crippen LogP contribution >= 0.6 is 15.9 Å². The number of carbonyl (C=O) groups excluding carboxylic acids is 1. The Balaban J connectivity index is 1.58. The van der Waals surface area contributed by atoms with E-state index in [2.05, 4.69) is 36.3 Å². The van der Waals surface area contributed by atoms with Crippen LogP contribution in [0.15, 0.2) is 59.7 Å². The summed E-state index contributed by atoms with van der Waals surface area (Å²) in [6, 6.07) is 11.5. The molecule has 3 aromatic rings. The van der Waals surface area contributed by atoms with Crippen molar-refractivity contribution in [2.75, 3.05) is 18.5 Å². The molecule has 27 heavy (non-hydrogen) atoms. The number of ether oxygens (including phenoxy) is 1. The first-order chi connectivity index (χ1) is 13.2. The second-order valence-corrected chi connectivity index (χ2v) is 7.32. The first-order valence-electron chi connectivity index (χ1n) is 8.64. The van der Waals surface area contributed by atoms with Crippen LogP contribution in [0.25, 0.3) is 5.82 Å². The van der Waals surface area contributed by atoms with Crippen molar-refractivity contribution in [2.24, 2.45) is 0 Å². The summed E-state index contributed by atoms with van der Waals surface area (Å²) in [4.78, 5) is 21.5. The van der Waals surface area contributed by atoms with Crippen molar-refractivity contribution in [3.8, 4) is 5.82 Å². The number of nitrogens with one attached hydrogen (secondary N) is 1. The topological polar surface area (TPSA) is 81.9 Å². The number of nitrogens with zero attached hydrogens (tertiary/aromatic N) is 4. The van der Waals surface area contributed by atoms with E-state index in [-0.39, 0.29) is 5.91 Å². The lowest BCUT2D eigenvalue weighted by Gasteiger charge is -2.36. The predicted molar refractivity (Wildman–Crippen MR) is 104 cm³/mol. The van der Waals surface area contributed by atoms with E-state index < -0.39 is 5.41 Å². The van der Waals surface area contributed by atoms with Crippen molar-refractivity contribution < 1.29 is 9.53 Å². The number of amides is 1. The lowest BCUT2D eigenvalue weighted by Crippen LogP contribution is -2.44. The first kappa shape index (κ1) is 17.8. The third-order valence-corrected chi connectivity index (χ3v) is 5.37. The average Bonchev–Trinajstić information content (AvgIpc) is 3.24. The van der Waals surface area contributed by atoms with Gasteiger partial charge in [-0.2, -0.15) is 5.10 Å². The summed E-state index contributed by atoms with van der Waals surface area (Å²) in [5.41, 5.74) is 1.04. The summed E-state index contributed by atoms with van der Waals surface area (Å²) in [5.74, 6) is 0.600. The molecule has 8 heteroatoms. The molecule has 1 N–H and O–H groups in total. The van der Waals surface area contributed by atoms with Gasteiger partial charge < -0.3 is 10.1 Å². The van der Waals surface area contributed by atoms with Crippen LogP contribution in [0, 0.1) is 0 Å². The molecule has 0 unspecified atom stereocenters. The smallest absolute Gasteiger partial charge is 0.235 e. The highest BCUT2D eigenvalue weighted by Crippen LogP contribution is 2.36. The van der Waals surface area contributed by atoms with Crippen LogP contribution in [-0.2, 0) is 14.9 Å². The maximum Gasteiger partial charge on any atom is 0.235 e. The fourth-order valence-corrected chi connectivity index (χ4v) is 3.57. The Labute approximate surface area is 164 Å². The Morgan fingerprint density at radius 2 is 1.93 bits per heavy atom. The summed E-state index contributed by atoms with van der Waals surface area (Å²) in [6.07, 6.45) is 5.94. The zero-order chi connectivity index (χ0) is 18.7. The third kappa shape index (κ3) is 3.63. The van der Waals surface area contributed by atoms with Crippen molar-refractivity contribution in [3.63, 3.8) is 0 Å². The number of hydrogen-bond donors (Lipinski definition) is 1. The van der Waals surface area contributed by atoms with Crippen molar-refractivity contribution in [3.05, 3.63) is 65.3 Å². The fourth-order valence-electron chi connectivity index (χ4n) is 3.31. The Bertz CT molecular complexity index is 904. The molecule has 2 aromatic heterocycles. The molecule has 1 aliphatic rings. The van der Waals surface area contributed by atoms with Crippen molar-refractivity contribution >= 4 is 27.5 Å². The van der Waals surface area contributed by atoms with Gasteiger partial charge in [0.2, 0.25) is 5.91 Å². The molecule has 0 atom stereocenters. The Kier molecular flexibility index (Phi) is 5.00. The number of rotatable bonds is 4. The van der Waals surface area contributed by atoms with Gasteiger partial charge in [-0.25, -0.2) is 14.6 Å². The van der Waals surface area contributed by atoms with E-state index in [1.807, 2.05) is 30.3 Å². The van der Waals surface area contributed by atoms with Gasteiger partial charge in [0.1, 0.15) is 12.7 Å². The monoisotopic (exact) mass is 427 g/mol. The van der Waals surface area contributed by atoms with Gasteiger partial charge in [0.15, 0.2) is 5.82 Å². The van der Waals surface area contributed by atoms with E-state index in [1.54, 1.807) is 23.3 Å². The van der Waals surface area contributed by atoms with Crippen molar-refractivity contribution in [1.29, 1.82) is 0 Å². The van der Waals surface area contributed by atoms with Gasteiger partial charge in [-0.15, -0.1) is 0 Å². The second-order valence-electron chi connectivity index (χ2n) is 6.40. The molecule has 1 aliphatic heterocycles. The number of benzene rings is 1. The quantitative estimate of drug-likeness (QED) is 0.691. The molecule has 0 bridgehead atoms. The molecule has 0 spiro atoms. The molecule has 3 heterocycles. The molecule has 0 aliphatic carbocycles. The highest BCUT2D eigenvalue weighted by atomic mass is 79.9. The zero-order valence-corrected chi connectivity index (χ0v) is 16.1. The average molecular weight is 428 g/mol. The normalized spacial score (nSPS) is 16.0. The molecular formula is C19H18BrN5O2. The highest BCUT2D eigenvalue weighted by molar-refractivity contribution is 9.10. The predicted octanol–water partition coefficient (Wildman–Crippen LogP) is 3.11. The number of pyridine rings is 1. The zero-order valence-electron chi connectivity index (χ0n) is 14.5. The molecule has 4 rings (SSSR count). The standard InChI is InChI=1S/C19H18BrN5O2/c20-15-3-1-14(2-4-15)19(7-9-27-10-8-19)18(26)24-16-5-6-17(22-11-16)25-13-21-12-23-25/h1-6,11-13H,7-10H2,(H,24,26). The number of carbonyl (C=O) groups is 1. The van der Waals surface area contributed by atoms with Crippen LogP contribution in [0.2, 0.25) is 0 Å². The minimum atomic E-state index is -0.608. The highest BCUT2D eigenvalue weighted by Gasteiger charge is 2.41. The minimum absolute atomic E-state index is 0.0385. The lowest BCUT2D eigenvalue weighted by molar-refractivity contribution is -0.125. The largest absolute Gasteiger partial charge is 0.381 e. The van der Waals surface area contributed by atoms with Crippen LogP contribution in [0.1, 0.15) is 18.4 Å². The van der Waals surface area contributed by atoms with E-state index in [4.69, 9.17) is 4.74 Å². The van der Waals surface area contributed by atoms with E-state index in [0.29, 0.717) is 37.6 Å². The van der Waals surface area contributed by atoms with E-state index in [9.17, 15) is 4.79 Å². The van der Waals surface area contributed by atoms with E-state index in [1.165, 1.54) is 6.33 Å². The van der Waals surface area contributed by atoms with Crippen molar-refractivity contribution in [1.82, 2.24) is 19.7 Å². The fraction of sp³-hybridized carbons (Fsp3) is 0.263. The Hall–Kier alpha value is -2.58. The molecule has 7 nitrogen and oxygen atoms in total. The maximum atomic E-state index is 13.3. The van der Waals surface area contributed by atoms with Crippen LogP contribution in [0.4, 0.5) is 5.69 Å². The van der Waals surface area contributed by atoms with Gasteiger partial charge in [0.25, 0.3) is 0 Å². The molecule has 1 amide bonds. The van der Waals surface area contributed by atoms with Gasteiger partial charge in [-0.1, -0.05) is 28.1 Å². The molecule has 1 saturated heterocycles. The molecule has 0 saturated carbocycles. The van der Waals surface area contributed by atoms with E-state index >= 15 is 0 Å². The molecule has 138 valence electrons. The molecule has 1 fully saturated rings.